The number of aromatic nitrogens is 3. The molecule has 0 radical (unpaired) electrons. The lowest BCUT2D eigenvalue weighted by Gasteiger charge is -2.17. The molecule has 0 bridgehead atoms. The molecule has 2 aromatic rings. The number of fused-ring (bicyclic) bond motifs is 1. The van der Waals surface area contributed by atoms with Gasteiger partial charge in [-0.2, -0.15) is 0 Å². The Balaban J connectivity index is 2.61. The highest BCUT2D eigenvalue weighted by Crippen LogP contribution is 2.27. The van der Waals surface area contributed by atoms with E-state index in [0.29, 0.717) is 11.5 Å². The number of halogens is 3. The van der Waals surface area contributed by atoms with E-state index in [0.717, 1.165) is 6.42 Å². The largest absolute Gasteiger partial charge is 0.264 e. The molecule has 0 aliphatic heterocycles. The minimum absolute atomic E-state index is 0.138. The van der Waals surface area contributed by atoms with Crippen molar-refractivity contribution < 1.29 is 8.78 Å². The fourth-order valence-electron chi connectivity index (χ4n) is 1.53. The highest BCUT2D eigenvalue weighted by molar-refractivity contribution is 6.29. The Kier molecular flexibility index (Phi) is 3.27. The third-order valence-electron chi connectivity index (χ3n) is 3.16. The molecule has 0 aliphatic carbocycles. The van der Waals surface area contributed by atoms with Crippen molar-refractivity contribution in [3.05, 3.63) is 28.7 Å². The van der Waals surface area contributed by atoms with Crippen LogP contribution < -0.4 is 0 Å². The van der Waals surface area contributed by atoms with Crippen molar-refractivity contribution in [1.82, 2.24) is 14.6 Å². The van der Waals surface area contributed by atoms with E-state index >= 15 is 0 Å². The summed E-state index contributed by atoms with van der Waals surface area (Å²) in [5, 5.41) is 4.43. The second-order valence-corrected chi connectivity index (χ2v) is 5.24. The van der Waals surface area contributed by atoms with E-state index in [2.05, 4.69) is 10.1 Å². The summed E-state index contributed by atoms with van der Waals surface area (Å²) in [7, 11) is 0. The summed E-state index contributed by atoms with van der Waals surface area (Å²) in [6, 6.07) is 2.54. The van der Waals surface area contributed by atoms with Crippen LogP contribution in [0.4, 0.5) is 8.78 Å². The van der Waals surface area contributed by atoms with E-state index in [-0.39, 0.29) is 16.1 Å². The lowest BCUT2D eigenvalue weighted by atomic mass is 9.90. The van der Waals surface area contributed by atoms with Crippen LogP contribution in [-0.2, 0) is 5.41 Å². The van der Waals surface area contributed by atoms with Crippen LogP contribution in [0.5, 0.6) is 0 Å². The number of rotatable bonds is 3. The fraction of sp³-hybridized carbons (Fsp3) is 0.500. The SMILES string of the molecule is CCC(C)(C)c1nc2cc(C(F)F)cc(Cl)n2n1. The van der Waals surface area contributed by atoms with Crippen LogP contribution in [0.2, 0.25) is 5.15 Å². The van der Waals surface area contributed by atoms with Gasteiger partial charge in [0.25, 0.3) is 6.43 Å². The van der Waals surface area contributed by atoms with Crippen molar-refractivity contribution in [2.75, 3.05) is 0 Å². The Hall–Kier alpha value is -1.23. The maximum Gasteiger partial charge on any atom is 0.264 e. The first-order valence-electron chi connectivity index (χ1n) is 5.70. The summed E-state index contributed by atoms with van der Waals surface area (Å²) >= 11 is 5.94. The molecule has 0 saturated carbocycles. The smallest absolute Gasteiger partial charge is 0.211 e. The molecular weight excluding hydrogens is 260 g/mol. The average Bonchev–Trinajstić information content (AvgIpc) is 2.74. The van der Waals surface area contributed by atoms with Crippen molar-refractivity contribution in [2.24, 2.45) is 0 Å². The summed E-state index contributed by atoms with van der Waals surface area (Å²) < 4.78 is 26.7. The quantitative estimate of drug-likeness (QED) is 0.791. The molecule has 98 valence electrons. The van der Waals surface area contributed by atoms with Crippen LogP contribution >= 0.6 is 11.6 Å². The Morgan fingerprint density at radius 1 is 1.39 bits per heavy atom. The van der Waals surface area contributed by atoms with E-state index in [1.807, 2.05) is 20.8 Å². The van der Waals surface area contributed by atoms with E-state index in [1.54, 1.807) is 0 Å². The minimum Gasteiger partial charge on any atom is -0.211 e. The second-order valence-electron chi connectivity index (χ2n) is 4.85. The maximum atomic E-state index is 12.7. The van der Waals surface area contributed by atoms with Crippen molar-refractivity contribution in [3.63, 3.8) is 0 Å². The topological polar surface area (TPSA) is 30.2 Å². The molecule has 2 rings (SSSR count). The Bertz CT molecular complexity index is 578. The Morgan fingerprint density at radius 3 is 2.61 bits per heavy atom. The van der Waals surface area contributed by atoms with Crippen LogP contribution in [-0.4, -0.2) is 14.6 Å². The molecule has 3 nitrogen and oxygen atoms in total. The molecule has 18 heavy (non-hydrogen) atoms. The molecule has 0 aliphatic rings. The first kappa shape index (κ1) is 13.2. The van der Waals surface area contributed by atoms with Gasteiger partial charge < -0.3 is 0 Å². The average molecular weight is 274 g/mol. The minimum atomic E-state index is -2.56. The van der Waals surface area contributed by atoms with E-state index in [4.69, 9.17) is 11.6 Å². The Labute approximate surface area is 109 Å². The van der Waals surface area contributed by atoms with Gasteiger partial charge in [0.05, 0.1) is 0 Å². The van der Waals surface area contributed by atoms with Crippen LogP contribution in [0.15, 0.2) is 12.1 Å². The fourth-order valence-corrected chi connectivity index (χ4v) is 1.79. The lowest BCUT2D eigenvalue weighted by Crippen LogP contribution is -2.17. The van der Waals surface area contributed by atoms with Crippen molar-refractivity contribution in [2.45, 2.75) is 39.0 Å². The normalized spacial score (nSPS) is 12.6. The van der Waals surface area contributed by atoms with Crippen molar-refractivity contribution in [1.29, 1.82) is 0 Å². The molecule has 0 N–H and O–H groups in total. The lowest BCUT2D eigenvalue weighted by molar-refractivity contribution is 0.151. The number of hydrogen-bond acceptors (Lipinski definition) is 2. The molecule has 0 fully saturated rings. The molecule has 0 saturated heterocycles. The predicted molar refractivity (Wildman–Crippen MR) is 66.3 cm³/mol. The van der Waals surface area contributed by atoms with Gasteiger partial charge in [-0.15, -0.1) is 5.10 Å². The van der Waals surface area contributed by atoms with E-state index in [9.17, 15) is 8.78 Å². The molecule has 0 atom stereocenters. The monoisotopic (exact) mass is 273 g/mol. The number of nitrogens with zero attached hydrogens (tertiary/aromatic N) is 3. The number of hydrogen-bond donors (Lipinski definition) is 0. The molecule has 0 aromatic carbocycles. The van der Waals surface area contributed by atoms with Crippen LogP contribution in [0.3, 0.4) is 0 Å². The molecule has 2 heterocycles. The Morgan fingerprint density at radius 2 is 2.06 bits per heavy atom. The first-order chi connectivity index (χ1) is 8.35. The van der Waals surface area contributed by atoms with Gasteiger partial charge >= 0.3 is 0 Å². The van der Waals surface area contributed by atoms with Crippen molar-refractivity contribution >= 4 is 17.2 Å². The van der Waals surface area contributed by atoms with Gasteiger partial charge in [0.15, 0.2) is 11.5 Å². The van der Waals surface area contributed by atoms with Gasteiger partial charge in [0.1, 0.15) is 5.15 Å². The highest BCUT2D eigenvalue weighted by Gasteiger charge is 2.24. The maximum absolute atomic E-state index is 12.7. The van der Waals surface area contributed by atoms with Gasteiger partial charge in [-0.05, 0) is 18.6 Å². The molecule has 2 aromatic heterocycles. The molecular formula is C12H14ClF2N3. The third-order valence-corrected chi connectivity index (χ3v) is 3.43. The third kappa shape index (κ3) is 2.19. The standard InChI is InChI=1S/C12H14ClF2N3/c1-4-12(2,3)11-16-9-6-7(10(14)15)5-8(13)18(9)17-11/h5-6,10H,4H2,1-3H3. The predicted octanol–water partition coefficient (Wildman–Crippen LogP) is 4.01. The van der Waals surface area contributed by atoms with Crippen LogP contribution in [0.25, 0.3) is 5.65 Å². The van der Waals surface area contributed by atoms with Gasteiger partial charge in [0.2, 0.25) is 0 Å². The van der Waals surface area contributed by atoms with E-state index in [1.165, 1.54) is 16.6 Å². The van der Waals surface area contributed by atoms with Gasteiger partial charge in [0, 0.05) is 11.0 Å². The summed E-state index contributed by atoms with van der Waals surface area (Å²) in [5.41, 5.74) is 0.00967. The summed E-state index contributed by atoms with van der Waals surface area (Å²) in [5.74, 6) is 0.610. The van der Waals surface area contributed by atoms with Gasteiger partial charge in [-0.25, -0.2) is 18.3 Å². The molecule has 0 amide bonds. The highest BCUT2D eigenvalue weighted by atomic mass is 35.5. The summed E-state index contributed by atoms with van der Waals surface area (Å²) in [6.07, 6.45) is -1.71. The van der Waals surface area contributed by atoms with Crippen molar-refractivity contribution in [3.8, 4) is 0 Å². The second kappa shape index (κ2) is 4.46. The number of alkyl halides is 2. The zero-order chi connectivity index (χ0) is 13.5. The molecule has 0 unspecified atom stereocenters. The van der Waals surface area contributed by atoms with E-state index < -0.39 is 6.43 Å². The summed E-state index contributed by atoms with van der Waals surface area (Å²) in [6.45, 7) is 6.03. The zero-order valence-corrected chi connectivity index (χ0v) is 11.2. The molecule has 0 spiro atoms. The molecule has 6 heteroatoms. The van der Waals surface area contributed by atoms with Crippen LogP contribution in [0, 0.1) is 0 Å². The zero-order valence-electron chi connectivity index (χ0n) is 10.4. The summed E-state index contributed by atoms with van der Waals surface area (Å²) in [4.78, 5) is 4.29. The van der Waals surface area contributed by atoms with Gasteiger partial charge in [-0.1, -0.05) is 32.4 Å². The van der Waals surface area contributed by atoms with Gasteiger partial charge in [-0.3, -0.25) is 0 Å². The van der Waals surface area contributed by atoms with Crippen LogP contribution in [0.1, 0.15) is 45.0 Å². The first-order valence-corrected chi connectivity index (χ1v) is 6.08. The number of pyridine rings is 1.